The number of rotatable bonds is 4. The summed E-state index contributed by atoms with van der Waals surface area (Å²) in [4.78, 5) is 0. The lowest BCUT2D eigenvalue weighted by Crippen LogP contribution is -2.43. The molecule has 1 saturated heterocycles. The number of ether oxygens (including phenoxy) is 2. The van der Waals surface area contributed by atoms with E-state index < -0.39 is 0 Å². The Labute approximate surface area is 104 Å². The molecule has 1 fully saturated rings. The molecule has 0 bridgehead atoms. The first-order valence-corrected chi connectivity index (χ1v) is 6.15. The van der Waals surface area contributed by atoms with Crippen LogP contribution in [0.5, 0.6) is 11.5 Å². The highest BCUT2D eigenvalue weighted by Crippen LogP contribution is 2.36. The summed E-state index contributed by atoms with van der Waals surface area (Å²) in [5.41, 5.74) is 1.29. The number of benzene rings is 1. The van der Waals surface area contributed by atoms with Crippen LogP contribution >= 0.6 is 15.9 Å². The second-order valence-corrected chi connectivity index (χ2v) is 4.90. The van der Waals surface area contributed by atoms with Crippen molar-refractivity contribution in [3.63, 3.8) is 0 Å². The van der Waals surface area contributed by atoms with E-state index in [1.54, 1.807) is 14.2 Å². The molecular weight excluding hydrogens is 270 g/mol. The van der Waals surface area contributed by atoms with Gasteiger partial charge in [0, 0.05) is 0 Å². The van der Waals surface area contributed by atoms with Crippen molar-refractivity contribution in [3.05, 3.63) is 22.2 Å². The van der Waals surface area contributed by atoms with Crippen molar-refractivity contribution in [2.24, 2.45) is 5.92 Å². The van der Waals surface area contributed by atoms with Crippen LogP contribution in [0.15, 0.2) is 16.6 Å². The SMILES string of the molecule is COc1cc(CC2CNC2)cc(Br)c1OC. The van der Waals surface area contributed by atoms with Gasteiger partial charge in [0.15, 0.2) is 11.5 Å². The first-order chi connectivity index (χ1) is 7.74. The summed E-state index contributed by atoms with van der Waals surface area (Å²) in [6.07, 6.45) is 1.09. The van der Waals surface area contributed by atoms with Crippen LogP contribution in [0.1, 0.15) is 5.56 Å². The maximum atomic E-state index is 5.32. The van der Waals surface area contributed by atoms with Crippen molar-refractivity contribution in [1.29, 1.82) is 0 Å². The molecule has 1 aromatic carbocycles. The third-order valence-electron chi connectivity index (χ3n) is 2.88. The summed E-state index contributed by atoms with van der Waals surface area (Å²) < 4.78 is 11.6. The van der Waals surface area contributed by atoms with Gasteiger partial charge in [0.25, 0.3) is 0 Å². The summed E-state index contributed by atoms with van der Waals surface area (Å²) in [6.45, 7) is 2.23. The van der Waals surface area contributed by atoms with E-state index in [0.29, 0.717) is 0 Å². The Morgan fingerprint density at radius 2 is 2.06 bits per heavy atom. The molecule has 3 nitrogen and oxygen atoms in total. The molecule has 88 valence electrons. The fourth-order valence-corrected chi connectivity index (χ4v) is 2.57. The van der Waals surface area contributed by atoms with Gasteiger partial charge in [-0.05, 0) is 59.1 Å². The summed E-state index contributed by atoms with van der Waals surface area (Å²) >= 11 is 3.51. The molecule has 0 unspecified atom stereocenters. The van der Waals surface area contributed by atoms with Crippen LogP contribution < -0.4 is 14.8 Å². The number of hydrogen-bond donors (Lipinski definition) is 1. The van der Waals surface area contributed by atoms with Crippen LogP contribution in [0.3, 0.4) is 0 Å². The Kier molecular flexibility index (Phi) is 3.71. The zero-order valence-corrected chi connectivity index (χ0v) is 11.1. The predicted octanol–water partition coefficient (Wildman–Crippen LogP) is 2.23. The van der Waals surface area contributed by atoms with Gasteiger partial charge in [0.2, 0.25) is 0 Å². The monoisotopic (exact) mass is 285 g/mol. The number of nitrogens with one attached hydrogen (secondary N) is 1. The van der Waals surface area contributed by atoms with Crippen LogP contribution in [0.25, 0.3) is 0 Å². The lowest BCUT2D eigenvalue weighted by Gasteiger charge is -2.27. The third kappa shape index (κ3) is 2.33. The maximum absolute atomic E-state index is 5.32. The molecule has 2 rings (SSSR count). The highest BCUT2D eigenvalue weighted by molar-refractivity contribution is 9.10. The van der Waals surface area contributed by atoms with E-state index in [1.807, 2.05) is 0 Å². The molecule has 0 radical (unpaired) electrons. The lowest BCUT2D eigenvalue weighted by atomic mass is 9.94. The molecular formula is C12H16BrNO2. The Balaban J connectivity index is 2.22. The molecule has 0 aliphatic carbocycles. The molecule has 1 heterocycles. The minimum absolute atomic E-state index is 0.755. The van der Waals surface area contributed by atoms with Gasteiger partial charge in [-0.2, -0.15) is 0 Å². The standard InChI is InChI=1S/C12H16BrNO2/c1-15-11-5-8(3-9-6-14-7-9)4-10(13)12(11)16-2/h4-5,9,14H,3,6-7H2,1-2H3. The summed E-state index contributed by atoms with van der Waals surface area (Å²) in [5.74, 6) is 2.31. The zero-order chi connectivity index (χ0) is 11.5. The lowest BCUT2D eigenvalue weighted by molar-refractivity contribution is 0.341. The van der Waals surface area contributed by atoms with Gasteiger partial charge in [-0.15, -0.1) is 0 Å². The molecule has 0 aromatic heterocycles. The Morgan fingerprint density at radius 1 is 1.31 bits per heavy atom. The smallest absolute Gasteiger partial charge is 0.174 e. The molecule has 16 heavy (non-hydrogen) atoms. The van der Waals surface area contributed by atoms with E-state index >= 15 is 0 Å². The highest BCUT2D eigenvalue weighted by atomic mass is 79.9. The molecule has 0 amide bonds. The molecule has 0 atom stereocenters. The average molecular weight is 286 g/mol. The van der Waals surface area contributed by atoms with Gasteiger partial charge in [-0.1, -0.05) is 0 Å². The van der Waals surface area contributed by atoms with Crippen LogP contribution in [0.2, 0.25) is 0 Å². The van der Waals surface area contributed by atoms with Crippen LogP contribution in [0, 0.1) is 5.92 Å². The van der Waals surface area contributed by atoms with Gasteiger partial charge in [-0.3, -0.25) is 0 Å². The number of halogens is 1. The van der Waals surface area contributed by atoms with Crippen molar-refractivity contribution in [1.82, 2.24) is 5.32 Å². The van der Waals surface area contributed by atoms with Gasteiger partial charge in [0.1, 0.15) is 0 Å². The largest absolute Gasteiger partial charge is 0.493 e. The van der Waals surface area contributed by atoms with E-state index in [4.69, 9.17) is 9.47 Å². The van der Waals surface area contributed by atoms with E-state index in [0.717, 1.165) is 41.4 Å². The van der Waals surface area contributed by atoms with E-state index in [2.05, 4.69) is 33.4 Å². The van der Waals surface area contributed by atoms with Crippen molar-refractivity contribution in [2.75, 3.05) is 27.3 Å². The van der Waals surface area contributed by atoms with Crippen molar-refractivity contribution in [2.45, 2.75) is 6.42 Å². The number of methoxy groups -OCH3 is 2. The minimum Gasteiger partial charge on any atom is -0.493 e. The van der Waals surface area contributed by atoms with Gasteiger partial charge in [0.05, 0.1) is 18.7 Å². The quantitative estimate of drug-likeness (QED) is 0.920. The van der Waals surface area contributed by atoms with Crippen molar-refractivity contribution >= 4 is 15.9 Å². The average Bonchev–Trinajstić information content (AvgIpc) is 2.22. The van der Waals surface area contributed by atoms with Gasteiger partial charge < -0.3 is 14.8 Å². The molecule has 0 saturated carbocycles. The Morgan fingerprint density at radius 3 is 2.56 bits per heavy atom. The van der Waals surface area contributed by atoms with Crippen molar-refractivity contribution in [3.8, 4) is 11.5 Å². The zero-order valence-electron chi connectivity index (χ0n) is 9.55. The van der Waals surface area contributed by atoms with Crippen LogP contribution in [0.4, 0.5) is 0 Å². The van der Waals surface area contributed by atoms with Gasteiger partial charge >= 0.3 is 0 Å². The first-order valence-electron chi connectivity index (χ1n) is 5.35. The number of hydrogen-bond acceptors (Lipinski definition) is 3. The highest BCUT2D eigenvalue weighted by Gasteiger charge is 2.19. The molecule has 1 aromatic rings. The minimum atomic E-state index is 0.755. The molecule has 1 N–H and O–H groups in total. The second-order valence-electron chi connectivity index (χ2n) is 4.04. The third-order valence-corrected chi connectivity index (χ3v) is 3.47. The van der Waals surface area contributed by atoms with E-state index in [-0.39, 0.29) is 0 Å². The topological polar surface area (TPSA) is 30.5 Å². The predicted molar refractivity (Wildman–Crippen MR) is 67.3 cm³/mol. The normalized spacial score (nSPS) is 15.7. The van der Waals surface area contributed by atoms with E-state index in [1.165, 1.54) is 5.56 Å². The molecule has 1 aliphatic rings. The molecule has 1 aliphatic heterocycles. The first kappa shape index (κ1) is 11.7. The van der Waals surface area contributed by atoms with Crippen molar-refractivity contribution < 1.29 is 9.47 Å². The Hall–Kier alpha value is -0.740. The summed E-state index contributed by atoms with van der Waals surface area (Å²) in [7, 11) is 3.32. The van der Waals surface area contributed by atoms with Crippen LogP contribution in [-0.2, 0) is 6.42 Å². The second kappa shape index (κ2) is 5.06. The van der Waals surface area contributed by atoms with E-state index in [9.17, 15) is 0 Å². The molecule has 4 heteroatoms. The van der Waals surface area contributed by atoms with Gasteiger partial charge in [-0.25, -0.2) is 0 Å². The molecule has 0 spiro atoms. The fourth-order valence-electron chi connectivity index (χ4n) is 1.92. The van der Waals surface area contributed by atoms with Crippen LogP contribution in [-0.4, -0.2) is 27.3 Å². The maximum Gasteiger partial charge on any atom is 0.174 e. The Bertz CT molecular complexity index is 378. The summed E-state index contributed by atoms with van der Waals surface area (Å²) in [6, 6.07) is 4.17. The summed E-state index contributed by atoms with van der Waals surface area (Å²) in [5, 5.41) is 3.28. The fraction of sp³-hybridized carbons (Fsp3) is 0.500.